The zero-order valence-corrected chi connectivity index (χ0v) is 12.9. The smallest absolute Gasteiger partial charge is 0.225 e. The van der Waals surface area contributed by atoms with Gasteiger partial charge in [0.05, 0.1) is 12.5 Å². The predicted molar refractivity (Wildman–Crippen MR) is 82.7 cm³/mol. The molecule has 1 amide bonds. The third-order valence-corrected chi connectivity index (χ3v) is 5.31. The van der Waals surface area contributed by atoms with Gasteiger partial charge in [-0.15, -0.1) is 0 Å². The first-order valence-electron chi connectivity index (χ1n) is 8.29. The molecule has 1 unspecified atom stereocenters. The fourth-order valence-electron chi connectivity index (χ4n) is 3.98. The molecule has 1 aromatic carbocycles. The van der Waals surface area contributed by atoms with Crippen molar-refractivity contribution in [3.05, 3.63) is 35.6 Å². The van der Waals surface area contributed by atoms with E-state index in [4.69, 9.17) is 0 Å². The fraction of sp³-hybridized carbons (Fsp3) is 0.611. The second-order valence-electron chi connectivity index (χ2n) is 6.90. The van der Waals surface area contributed by atoms with Gasteiger partial charge in [0.15, 0.2) is 0 Å². The summed E-state index contributed by atoms with van der Waals surface area (Å²) < 4.78 is 13.2. The maximum atomic E-state index is 13.2. The Labute approximate surface area is 131 Å². The van der Waals surface area contributed by atoms with Gasteiger partial charge in [0, 0.05) is 13.1 Å². The van der Waals surface area contributed by atoms with Crippen molar-refractivity contribution in [1.29, 1.82) is 0 Å². The second kappa shape index (κ2) is 6.37. The zero-order chi connectivity index (χ0) is 15.6. The Balaban J connectivity index is 1.58. The number of benzene rings is 1. The maximum Gasteiger partial charge on any atom is 0.225 e. The van der Waals surface area contributed by atoms with E-state index >= 15 is 0 Å². The molecule has 4 heteroatoms. The van der Waals surface area contributed by atoms with E-state index in [0.29, 0.717) is 11.0 Å². The van der Waals surface area contributed by atoms with Crippen LogP contribution in [0.25, 0.3) is 0 Å². The van der Waals surface area contributed by atoms with Crippen molar-refractivity contribution in [3.8, 4) is 0 Å². The molecule has 1 aliphatic heterocycles. The van der Waals surface area contributed by atoms with E-state index in [0.717, 1.165) is 19.5 Å². The number of amides is 1. The maximum absolute atomic E-state index is 13.2. The van der Waals surface area contributed by atoms with Crippen LogP contribution in [0.3, 0.4) is 0 Å². The number of aliphatic hydroxyl groups excluding tert-OH is 1. The lowest BCUT2D eigenvalue weighted by Gasteiger charge is -2.33. The highest BCUT2D eigenvalue weighted by Gasteiger charge is 2.40. The number of aliphatic hydroxyl groups is 1. The Morgan fingerprint density at radius 1 is 1.27 bits per heavy atom. The summed E-state index contributed by atoms with van der Waals surface area (Å²) in [7, 11) is 0. The summed E-state index contributed by atoms with van der Waals surface area (Å²) in [5.74, 6) is -0.398. The lowest BCUT2D eigenvalue weighted by Crippen LogP contribution is -2.33. The van der Waals surface area contributed by atoms with Gasteiger partial charge in [-0.25, -0.2) is 4.39 Å². The Bertz CT molecular complexity index is 540. The number of rotatable bonds is 3. The average molecular weight is 305 g/mol. The minimum Gasteiger partial charge on any atom is -0.388 e. The minimum absolute atomic E-state index is 0.0146. The van der Waals surface area contributed by atoms with Crippen LogP contribution in [0.1, 0.15) is 56.6 Å². The summed E-state index contributed by atoms with van der Waals surface area (Å²) in [4.78, 5) is 14.3. The van der Waals surface area contributed by atoms with Crippen molar-refractivity contribution >= 4 is 5.91 Å². The summed E-state index contributed by atoms with van der Waals surface area (Å²) >= 11 is 0. The molecular formula is C18H24FNO2. The molecule has 120 valence electrons. The highest BCUT2D eigenvalue weighted by molar-refractivity contribution is 5.77. The average Bonchev–Trinajstić information content (AvgIpc) is 2.91. The van der Waals surface area contributed by atoms with Gasteiger partial charge in [-0.2, -0.15) is 0 Å². The topological polar surface area (TPSA) is 40.5 Å². The standard InChI is InChI=1S/C18H24FNO2/c19-15-6-4-5-14(11-15)16(21)12-17(22)20-10-9-18(13-20)7-2-1-3-8-18/h4-6,11,16,21H,1-3,7-10,12-13H2. The number of hydrogen-bond donors (Lipinski definition) is 1. The molecule has 3 nitrogen and oxygen atoms in total. The van der Waals surface area contributed by atoms with Crippen LogP contribution in [0.2, 0.25) is 0 Å². The summed E-state index contributed by atoms with van der Waals surface area (Å²) in [5.41, 5.74) is 0.803. The predicted octanol–water partition coefficient (Wildman–Crippen LogP) is 3.43. The highest BCUT2D eigenvalue weighted by Crippen LogP contribution is 2.43. The van der Waals surface area contributed by atoms with Gasteiger partial charge in [0.25, 0.3) is 0 Å². The van der Waals surface area contributed by atoms with Gasteiger partial charge >= 0.3 is 0 Å². The van der Waals surface area contributed by atoms with E-state index < -0.39 is 6.10 Å². The summed E-state index contributed by atoms with van der Waals surface area (Å²) in [6.45, 7) is 1.64. The summed E-state index contributed by atoms with van der Waals surface area (Å²) in [6, 6.07) is 5.86. The molecule has 1 aromatic rings. The van der Waals surface area contributed by atoms with Crippen LogP contribution in [-0.2, 0) is 4.79 Å². The quantitative estimate of drug-likeness (QED) is 0.929. The fourth-order valence-corrected chi connectivity index (χ4v) is 3.98. The molecule has 1 N–H and O–H groups in total. The normalized spacial score (nSPS) is 22.0. The van der Waals surface area contributed by atoms with Gasteiger partial charge in [-0.1, -0.05) is 31.4 Å². The molecule has 0 radical (unpaired) electrons. The third-order valence-electron chi connectivity index (χ3n) is 5.31. The Kier molecular flexibility index (Phi) is 4.48. The van der Waals surface area contributed by atoms with Gasteiger partial charge in [-0.05, 0) is 42.4 Å². The molecular weight excluding hydrogens is 281 g/mol. The molecule has 1 saturated heterocycles. The van der Waals surface area contributed by atoms with Crippen LogP contribution < -0.4 is 0 Å². The van der Waals surface area contributed by atoms with E-state index in [1.165, 1.54) is 44.2 Å². The first-order valence-corrected chi connectivity index (χ1v) is 8.29. The Morgan fingerprint density at radius 2 is 2.05 bits per heavy atom. The number of halogens is 1. The molecule has 1 heterocycles. The number of likely N-dealkylation sites (tertiary alicyclic amines) is 1. The van der Waals surface area contributed by atoms with E-state index in [-0.39, 0.29) is 18.1 Å². The van der Waals surface area contributed by atoms with Gasteiger partial charge < -0.3 is 10.0 Å². The first kappa shape index (κ1) is 15.5. The van der Waals surface area contributed by atoms with Crippen LogP contribution in [0, 0.1) is 11.2 Å². The van der Waals surface area contributed by atoms with Gasteiger partial charge in [0.1, 0.15) is 5.82 Å². The Morgan fingerprint density at radius 3 is 2.77 bits per heavy atom. The number of nitrogens with zero attached hydrogens (tertiary/aromatic N) is 1. The number of hydrogen-bond acceptors (Lipinski definition) is 2. The van der Waals surface area contributed by atoms with Crippen LogP contribution in [0.15, 0.2) is 24.3 Å². The van der Waals surface area contributed by atoms with Crippen molar-refractivity contribution in [2.24, 2.45) is 5.41 Å². The molecule has 1 atom stereocenters. The van der Waals surface area contributed by atoms with Crippen molar-refractivity contribution in [2.45, 2.75) is 51.0 Å². The van der Waals surface area contributed by atoms with Crippen LogP contribution in [0.5, 0.6) is 0 Å². The molecule has 0 bridgehead atoms. The number of carbonyl (C=O) groups excluding carboxylic acids is 1. The molecule has 3 rings (SSSR count). The molecule has 2 fully saturated rings. The van der Waals surface area contributed by atoms with Crippen molar-refractivity contribution < 1.29 is 14.3 Å². The minimum atomic E-state index is -0.925. The molecule has 1 aliphatic carbocycles. The molecule has 2 aliphatic rings. The third kappa shape index (κ3) is 3.32. The Hall–Kier alpha value is -1.42. The highest BCUT2D eigenvalue weighted by atomic mass is 19.1. The van der Waals surface area contributed by atoms with E-state index in [9.17, 15) is 14.3 Å². The molecule has 1 saturated carbocycles. The van der Waals surface area contributed by atoms with E-state index in [1.807, 2.05) is 4.90 Å². The summed E-state index contributed by atoms with van der Waals surface area (Å²) in [6.07, 6.45) is 6.52. The van der Waals surface area contributed by atoms with Gasteiger partial charge in [-0.3, -0.25) is 4.79 Å². The number of carbonyl (C=O) groups is 1. The lowest BCUT2D eigenvalue weighted by atomic mass is 9.73. The van der Waals surface area contributed by atoms with E-state index in [2.05, 4.69) is 0 Å². The van der Waals surface area contributed by atoms with Crippen LogP contribution in [-0.4, -0.2) is 29.0 Å². The van der Waals surface area contributed by atoms with Crippen molar-refractivity contribution in [3.63, 3.8) is 0 Å². The summed E-state index contributed by atoms with van der Waals surface area (Å²) in [5, 5.41) is 10.2. The first-order chi connectivity index (χ1) is 10.6. The van der Waals surface area contributed by atoms with Crippen molar-refractivity contribution in [2.75, 3.05) is 13.1 Å². The monoisotopic (exact) mass is 305 g/mol. The van der Waals surface area contributed by atoms with E-state index in [1.54, 1.807) is 12.1 Å². The SMILES string of the molecule is O=C(CC(O)c1cccc(F)c1)N1CCC2(CCCCC2)C1. The van der Waals surface area contributed by atoms with Crippen LogP contribution in [0.4, 0.5) is 4.39 Å². The second-order valence-corrected chi connectivity index (χ2v) is 6.90. The lowest BCUT2D eigenvalue weighted by molar-refractivity contribution is -0.132. The largest absolute Gasteiger partial charge is 0.388 e. The van der Waals surface area contributed by atoms with Crippen LogP contribution >= 0.6 is 0 Å². The molecule has 1 spiro atoms. The van der Waals surface area contributed by atoms with Crippen molar-refractivity contribution in [1.82, 2.24) is 4.90 Å². The molecule has 22 heavy (non-hydrogen) atoms. The van der Waals surface area contributed by atoms with Gasteiger partial charge in [0.2, 0.25) is 5.91 Å². The zero-order valence-electron chi connectivity index (χ0n) is 12.9. The molecule has 0 aromatic heterocycles.